The molecule has 2 heterocycles. The Hall–Kier alpha value is -2.83. The molecule has 1 N–H and O–H groups in total. The second-order valence-electron chi connectivity index (χ2n) is 6.20. The van der Waals surface area contributed by atoms with E-state index in [2.05, 4.69) is 10.5 Å². The predicted octanol–water partition coefficient (Wildman–Crippen LogP) is 2.24. The van der Waals surface area contributed by atoms with Crippen LogP contribution in [0.3, 0.4) is 0 Å². The van der Waals surface area contributed by atoms with Gasteiger partial charge in [0.15, 0.2) is 0 Å². The van der Waals surface area contributed by atoms with Crippen molar-refractivity contribution < 1.29 is 14.1 Å². The number of likely N-dealkylation sites (N-methyl/N-ethyl adjacent to an activating group) is 1. The summed E-state index contributed by atoms with van der Waals surface area (Å²) in [6.07, 6.45) is 0.614. The highest BCUT2D eigenvalue weighted by molar-refractivity contribution is 6.01. The van der Waals surface area contributed by atoms with E-state index in [1.54, 1.807) is 11.9 Å². The van der Waals surface area contributed by atoms with Crippen LogP contribution in [0, 0.1) is 13.8 Å². The molecule has 0 aliphatic carbocycles. The molecule has 3 amide bonds. The summed E-state index contributed by atoms with van der Waals surface area (Å²) in [4.78, 5) is 28.3. The fourth-order valence-corrected chi connectivity index (χ4v) is 3.07. The Morgan fingerprint density at radius 3 is 2.72 bits per heavy atom. The van der Waals surface area contributed by atoms with E-state index in [0.717, 1.165) is 16.9 Å². The van der Waals surface area contributed by atoms with Crippen LogP contribution in [0.4, 0.5) is 10.5 Å². The van der Waals surface area contributed by atoms with Crippen molar-refractivity contribution in [2.45, 2.75) is 32.9 Å². The SMILES string of the molecule is Cc1noc(C)c1CNC(=O)N(C)[C@@H]1CCN(c2ccccc2)C1=O. The fraction of sp³-hybridized carbons (Fsp3) is 0.389. The molecule has 25 heavy (non-hydrogen) atoms. The second kappa shape index (κ2) is 6.96. The van der Waals surface area contributed by atoms with E-state index in [0.29, 0.717) is 25.3 Å². The lowest BCUT2D eigenvalue weighted by Gasteiger charge is -2.24. The number of benzene rings is 1. The van der Waals surface area contributed by atoms with Gasteiger partial charge in [-0.1, -0.05) is 23.4 Å². The first-order chi connectivity index (χ1) is 12.0. The van der Waals surface area contributed by atoms with Crippen molar-refractivity contribution in [3.8, 4) is 0 Å². The van der Waals surface area contributed by atoms with E-state index in [4.69, 9.17) is 4.52 Å². The molecule has 1 atom stereocenters. The highest BCUT2D eigenvalue weighted by atomic mass is 16.5. The van der Waals surface area contributed by atoms with Crippen molar-refractivity contribution in [2.75, 3.05) is 18.5 Å². The number of amides is 3. The van der Waals surface area contributed by atoms with E-state index >= 15 is 0 Å². The Labute approximate surface area is 146 Å². The number of rotatable bonds is 4. The third-order valence-corrected chi connectivity index (χ3v) is 4.63. The van der Waals surface area contributed by atoms with Crippen molar-refractivity contribution in [1.29, 1.82) is 0 Å². The zero-order valence-corrected chi connectivity index (χ0v) is 14.7. The average Bonchev–Trinajstić information content (AvgIpc) is 3.15. The maximum atomic E-state index is 12.7. The lowest BCUT2D eigenvalue weighted by atomic mass is 10.2. The Morgan fingerprint density at radius 1 is 1.36 bits per heavy atom. The lowest BCUT2D eigenvalue weighted by molar-refractivity contribution is -0.120. The third kappa shape index (κ3) is 3.35. The van der Waals surface area contributed by atoms with E-state index in [1.165, 1.54) is 4.90 Å². The van der Waals surface area contributed by atoms with E-state index < -0.39 is 6.04 Å². The number of hydrogen-bond donors (Lipinski definition) is 1. The van der Waals surface area contributed by atoms with Crippen LogP contribution in [-0.4, -0.2) is 41.6 Å². The molecular weight excluding hydrogens is 320 g/mol. The summed E-state index contributed by atoms with van der Waals surface area (Å²) in [5.74, 6) is 0.633. The normalized spacial score (nSPS) is 17.0. The molecule has 1 aromatic carbocycles. The average molecular weight is 342 g/mol. The Balaban J connectivity index is 1.62. The Kier molecular flexibility index (Phi) is 4.74. The first kappa shape index (κ1) is 17.0. The van der Waals surface area contributed by atoms with Crippen LogP contribution in [-0.2, 0) is 11.3 Å². The number of aromatic nitrogens is 1. The van der Waals surface area contributed by atoms with Gasteiger partial charge in [0.2, 0.25) is 5.91 Å². The largest absolute Gasteiger partial charge is 0.361 e. The molecule has 3 rings (SSSR count). The van der Waals surface area contributed by atoms with Crippen LogP contribution < -0.4 is 10.2 Å². The number of urea groups is 1. The number of para-hydroxylation sites is 1. The molecule has 0 unspecified atom stereocenters. The second-order valence-corrected chi connectivity index (χ2v) is 6.20. The minimum Gasteiger partial charge on any atom is -0.361 e. The number of anilines is 1. The van der Waals surface area contributed by atoms with Gasteiger partial charge in [-0.25, -0.2) is 4.79 Å². The quantitative estimate of drug-likeness (QED) is 0.924. The summed E-state index contributed by atoms with van der Waals surface area (Å²) in [5, 5.41) is 6.71. The van der Waals surface area contributed by atoms with Crippen LogP contribution in [0.1, 0.15) is 23.4 Å². The number of hydrogen-bond acceptors (Lipinski definition) is 4. The zero-order valence-electron chi connectivity index (χ0n) is 14.7. The Bertz CT molecular complexity index is 752. The van der Waals surface area contributed by atoms with Gasteiger partial charge in [-0.3, -0.25) is 4.79 Å². The summed E-state index contributed by atoms with van der Waals surface area (Å²) >= 11 is 0. The van der Waals surface area contributed by atoms with Gasteiger partial charge in [0, 0.05) is 31.4 Å². The smallest absolute Gasteiger partial charge is 0.318 e. The molecule has 1 fully saturated rings. The van der Waals surface area contributed by atoms with Crippen LogP contribution in [0.25, 0.3) is 0 Å². The van der Waals surface area contributed by atoms with Gasteiger partial charge < -0.3 is 19.6 Å². The van der Waals surface area contributed by atoms with Gasteiger partial charge in [0.25, 0.3) is 0 Å². The number of carbonyl (C=O) groups is 2. The summed E-state index contributed by atoms with van der Waals surface area (Å²) < 4.78 is 5.09. The molecule has 1 aromatic heterocycles. The van der Waals surface area contributed by atoms with Gasteiger partial charge in [0.1, 0.15) is 11.8 Å². The van der Waals surface area contributed by atoms with E-state index in [9.17, 15) is 9.59 Å². The Morgan fingerprint density at radius 2 is 2.08 bits per heavy atom. The summed E-state index contributed by atoms with van der Waals surface area (Å²) in [6, 6.07) is 8.77. The molecular formula is C18H22N4O3. The minimum atomic E-state index is -0.454. The maximum absolute atomic E-state index is 12.7. The molecule has 7 nitrogen and oxygen atoms in total. The standard InChI is InChI=1S/C18H22N4O3/c1-12-15(13(2)25-20-12)11-19-18(24)21(3)16-9-10-22(17(16)23)14-7-5-4-6-8-14/h4-8,16H,9-11H2,1-3H3,(H,19,24)/t16-/m1/s1. The van der Waals surface area contributed by atoms with Crippen molar-refractivity contribution in [2.24, 2.45) is 0 Å². The third-order valence-electron chi connectivity index (χ3n) is 4.63. The van der Waals surface area contributed by atoms with Gasteiger partial charge in [-0.05, 0) is 32.4 Å². The van der Waals surface area contributed by atoms with Crippen molar-refractivity contribution in [1.82, 2.24) is 15.4 Å². The summed E-state index contributed by atoms with van der Waals surface area (Å²) in [7, 11) is 1.65. The zero-order chi connectivity index (χ0) is 18.0. The molecule has 0 radical (unpaired) electrons. The van der Waals surface area contributed by atoms with Gasteiger partial charge in [0.05, 0.1) is 5.69 Å². The first-order valence-corrected chi connectivity index (χ1v) is 8.28. The van der Waals surface area contributed by atoms with E-state index in [-0.39, 0.29) is 11.9 Å². The van der Waals surface area contributed by atoms with Gasteiger partial charge in [-0.15, -0.1) is 0 Å². The van der Waals surface area contributed by atoms with Gasteiger partial charge >= 0.3 is 6.03 Å². The van der Waals surface area contributed by atoms with Crippen molar-refractivity contribution in [3.63, 3.8) is 0 Å². The molecule has 1 aliphatic heterocycles. The van der Waals surface area contributed by atoms with Crippen LogP contribution in [0.15, 0.2) is 34.9 Å². The van der Waals surface area contributed by atoms with Crippen LogP contribution in [0.5, 0.6) is 0 Å². The summed E-state index contributed by atoms with van der Waals surface area (Å²) in [6.45, 7) is 4.58. The number of nitrogens with one attached hydrogen (secondary N) is 1. The van der Waals surface area contributed by atoms with Crippen molar-refractivity contribution >= 4 is 17.6 Å². The highest BCUT2D eigenvalue weighted by Crippen LogP contribution is 2.23. The summed E-state index contributed by atoms with van der Waals surface area (Å²) in [5.41, 5.74) is 2.48. The van der Waals surface area contributed by atoms with Gasteiger partial charge in [-0.2, -0.15) is 0 Å². The number of nitrogens with zero attached hydrogens (tertiary/aromatic N) is 3. The topological polar surface area (TPSA) is 78.7 Å². The molecule has 7 heteroatoms. The molecule has 0 spiro atoms. The first-order valence-electron chi connectivity index (χ1n) is 8.28. The number of aryl methyl sites for hydroxylation is 2. The molecule has 1 saturated heterocycles. The molecule has 2 aromatic rings. The lowest BCUT2D eigenvalue weighted by Crippen LogP contribution is -2.47. The maximum Gasteiger partial charge on any atom is 0.318 e. The van der Waals surface area contributed by atoms with Crippen LogP contribution in [0.2, 0.25) is 0 Å². The number of carbonyl (C=O) groups excluding carboxylic acids is 2. The molecule has 132 valence electrons. The molecule has 0 bridgehead atoms. The monoisotopic (exact) mass is 342 g/mol. The van der Waals surface area contributed by atoms with E-state index in [1.807, 2.05) is 44.2 Å². The molecule has 0 saturated carbocycles. The predicted molar refractivity (Wildman–Crippen MR) is 93.2 cm³/mol. The fourth-order valence-electron chi connectivity index (χ4n) is 3.07. The highest BCUT2D eigenvalue weighted by Gasteiger charge is 2.37. The minimum absolute atomic E-state index is 0.0545. The van der Waals surface area contributed by atoms with Crippen LogP contribution >= 0.6 is 0 Å². The molecule has 1 aliphatic rings. The van der Waals surface area contributed by atoms with Crippen molar-refractivity contribution in [3.05, 3.63) is 47.3 Å².